The Kier molecular flexibility index (Phi) is 5.25. The lowest BCUT2D eigenvalue weighted by Crippen LogP contribution is -2.32. The van der Waals surface area contributed by atoms with E-state index in [1.165, 1.54) is 19.3 Å². The summed E-state index contributed by atoms with van der Waals surface area (Å²) in [6.07, 6.45) is 8.33. The van der Waals surface area contributed by atoms with Crippen LogP contribution in [0.5, 0.6) is 0 Å². The fraction of sp³-hybridized carbons (Fsp3) is 0.727. The van der Waals surface area contributed by atoms with E-state index >= 15 is 0 Å². The normalized spacial score (nSPS) is 16.8. The van der Waals surface area contributed by atoms with Gasteiger partial charge in [0, 0.05) is 0 Å². The van der Waals surface area contributed by atoms with Gasteiger partial charge in [0.25, 0.3) is 12.0 Å². The van der Waals surface area contributed by atoms with Gasteiger partial charge >= 0.3 is 0 Å². The van der Waals surface area contributed by atoms with Gasteiger partial charge in [-0.3, -0.25) is 4.58 Å². The molecule has 0 aromatic carbocycles. The first-order valence-electron chi connectivity index (χ1n) is 5.51. The van der Waals surface area contributed by atoms with Crippen LogP contribution >= 0.6 is 0 Å². The van der Waals surface area contributed by atoms with Crippen LogP contribution in [0.1, 0.15) is 38.5 Å². The lowest BCUT2D eigenvalue weighted by atomic mass is 10.1. The Balaban J connectivity index is 2.70. The zero-order chi connectivity index (χ0) is 10.9. The monoisotopic (exact) mass is 205 g/mol. The van der Waals surface area contributed by atoms with Gasteiger partial charge in [-0.05, 0) is 25.7 Å². The Morgan fingerprint density at radius 2 is 1.67 bits per heavy atom. The molecule has 1 fully saturated rings. The van der Waals surface area contributed by atoms with E-state index in [1.54, 1.807) is 0 Å². The molecule has 0 spiro atoms. The van der Waals surface area contributed by atoms with Crippen molar-refractivity contribution in [3.05, 3.63) is 0 Å². The smallest absolute Gasteiger partial charge is 0.264 e. The fourth-order valence-electron chi connectivity index (χ4n) is 1.89. The second kappa shape index (κ2) is 6.84. The molecule has 15 heavy (non-hydrogen) atoms. The van der Waals surface area contributed by atoms with Crippen LogP contribution in [-0.2, 0) is 0 Å². The maximum atomic E-state index is 8.67. The summed E-state index contributed by atoms with van der Waals surface area (Å²) in [5.41, 5.74) is 0. The molecule has 0 saturated carbocycles. The van der Waals surface area contributed by atoms with Crippen molar-refractivity contribution in [3.63, 3.8) is 0 Å². The molecule has 4 heteroatoms. The van der Waals surface area contributed by atoms with E-state index in [2.05, 4.69) is 16.0 Å². The largest absolute Gasteiger partial charge is 0.288 e. The van der Waals surface area contributed by atoms with Crippen LogP contribution < -0.4 is 5.32 Å². The molecule has 1 heterocycles. The molecule has 0 aromatic heterocycles. The zero-order valence-corrected chi connectivity index (χ0v) is 9.00. The predicted molar refractivity (Wildman–Crippen MR) is 57.1 cm³/mol. The third-order valence-corrected chi connectivity index (χ3v) is 2.68. The van der Waals surface area contributed by atoms with Crippen molar-refractivity contribution in [2.45, 2.75) is 38.5 Å². The fourth-order valence-corrected chi connectivity index (χ4v) is 1.89. The summed E-state index contributed by atoms with van der Waals surface area (Å²) in [5.74, 6) is 0.766. The standard InChI is InChI=1S/C11H16N4/c12-7-6-11(14-10-13)15-8-4-2-1-3-5-9-15/h1-6,8-9H2/p+1. The maximum absolute atomic E-state index is 8.67. The Labute approximate surface area is 90.8 Å². The van der Waals surface area contributed by atoms with Gasteiger partial charge in [-0.2, -0.15) is 10.6 Å². The minimum absolute atomic E-state index is 0.299. The molecule has 1 aliphatic rings. The van der Waals surface area contributed by atoms with Gasteiger partial charge in [0.05, 0.1) is 19.2 Å². The van der Waals surface area contributed by atoms with Crippen molar-refractivity contribution in [3.8, 4) is 12.3 Å². The van der Waals surface area contributed by atoms with Crippen molar-refractivity contribution in [2.75, 3.05) is 13.1 Å². The highest BCUT2D eigenvalue weighted by Crippen LogP contribution is 2.07. The number of rotatable bonds is 1. The van der Waals surface area contributed by atoms with Crippen LogP contribution in [0, 0.1) is 22.8 Å². The third kappa shape index (κ3) is 3.99. The van der Waals surface area contributed by atoms with Gasteiger partial charge < -0.3 is 0 Å². The molecule has 80 valence electrons. The highest BCUT2D eigenvalue weighted by Gasteiger charge is 2.14. The molecule has 0 unspecified atom stereocenters. The maximum Gasteiger partial charge on any atom is 0.288 e. The van der Waals surface area contributed by atoms with Gasteiger partial charge in [0.1, 0.15) is 6.42 Å². The first-order valence-corrected chi connectivity index (χ1v) is 5.51. The second-order valence-corrected chi connectivity index (χ2v) is 3.77. The Morgan fingerprint density at radius 1 is 1.07 bits per heavy atom. The summed E-state index contributed by atoms with van der Waals surface area (Å²) in [6, 6.07) is 2.09. The molecule has 1 rings (SSSR count). The molecular formula is C11H17N4+. The molecule has 4 nitrogen and oxygen atoms in total. The average molecular weight is 205 g/mol. The molecule has 1 saturated heterocycles. The predicted octanol–water partition coefficient (Wildman–Crippen LogP) is 1.35. The van der Waals surface area contributed by atoms with Crippen LogP contribution in [0.25, 0.3) is 0 Å². The average Bonchev–Trinajstić information content (AvgIpc) is 2.17. The molecule has 0 aromatic rings. The SMILES string of the molecule is N#CCC(NC#N)=[N+]1CCCCCCC1. The quantitative estimate of drug-likeness (QED) is 0.304. The second-order valence-electron chi connectivity index (χ2n) is 3.77. The molecule has 1 N–H and O–H groups in total. The van der Waals surface area contributed by atoms with Crippen LogP contribution in [0.2, 0.25) is 0 Å². The van der Waals surface area contributed by atoms with E-state index in [-0.39, 0.29) is 0 Å². The first-order chi connectivity index (χ1) is 7.38. The van der Waals surface area contributed by atoms with E-state index in [0.717, 1.165) is 31.8 Å². The summed E-state index contributed by atoms with van der Waals surface area (Å²) in [6.45, 7) is 1.93. The number of hydrogen-bond acceptors (Lipinski definition) is 2. The van der Waals surface area contributed by atoms with Crippen molar-refractivity contribution in [1.82, 2.24) is 5.32 Å². The molecule has 0 amide bonds. The highest BCUT2D eigenvalue weighted by molar-refractivity contribution is 5.80. The summed E-state index contributed by atoms with van der Waals surface area (Å²) >= 11 is 0. The Morgan fingerprint density at radius 3 is 2.20 bits per heavy atom. The topological polar surface area (TPSA) is 62.6 Å². The number of nitrogens with zero attached hydrogens (tertiary/aromatic N) is 3. The molecule has 1 aliphatic heterocycles. The lowest BCUT2D eigenvalue weighted by molar-refractivity contribution is -0.532. The van der Waals surface area contributed by atoms with Crippen molar-refractivity contribution >= 4 is 5.84 Å². The summed E-state index contributed by atoms with van der Waals surface area (Å²) in [5, 5.41) is 19.9. The van der Waals surface area contributed by atoms with Crippen molar-refractivity contribution in [2.24, 2.45) is 0 Å². The van der Waals surface area contributed by atoms with Crippen LogP contribution in [0.15, 0.2) is 0 Å². The first kappa shape index (κ1) is 11.5. The number of hydrogen-bond donors (Lipinski definition) is 1. The number of nitrogens with one attached hydrogen (secondary N) is 1. The van der Waals surface area contributed by atoms with Crippen molar-refractivity contribution in [1.29, 1.82) is 10.5 Å². The molecule has 0 bridgehead atoms. The van der Waals surface area contributed by atoms with E-state index < -0.39 is 0 Å². The van der Waals surface area contributed by atoms with E-state index in [1.807, 2.05) is 6.19 Å². The van der Waals surface area contributed by atoms with Gasteiger partial charge in [-0.1, -0.05) is 6.42 Å². The van der Waals surface area contributed by atoms with Crippen LogP contribution in [0.3, 0.4) is 0 Å². The van der Waals surface area contributed by atoms with E-state index in [9.17, 15) is 0 Å². The molecule has 0 atom stereocenters. The summed E-state index contributed by atoms with van der Waals surface area (Å²) in [7, 11) is 0. The Bertz CT molecular complexity index is 278. The van der Waals surface area contributed by atoms with E-state index in [0.29, 0.717) is 6.42 Å². The van der Waals surface area contributed by atoms with Crippen LogP contribution in [0.4, 0.5) is 0 Å². The minimum atomic E-state index is 0.299. The Hall–Kier alpha value is -1.55. The molecule has 0 radical (unpaired) electrons. The number of amidine groups is 1. The summed E-state index contributed by atoms with van der Waals surface area (Å²) in [4.78, 5) is 0. The van der Waals surface area contributed by atoms with Gasteiger partial charge in [-0.25, -0.2) is 0 Å². The zero-order valence-electron chi connectivity index (χ0n) is 9.00. The third-order valence-electron chi connectivity index (χ3n) is 2.68. The highest BCUT2D eigenvalue weighted by atomic mass is 15.1. The molecule has 0 aliphatic carbocycles. The van der Waals surface area contributed by atoms with Gasteiger partial charge in [0.2, 0.25) is 0 Å². The van der Waals surface area contributed by atoms with Crippen molar-refractivity contribution < 1.29 is 4.58 Å². The molecular weight excluding hydrogens is 188 g/mol. The van der Waals surface area contributed by atoms with Crippen LogP contribution in [-0.4, -0.2) is 23.5 Å². The number of nitriles is 2. The lowest BCUT2D eigenvalue weighted by Gasteiger charge is -2.13. The van der Waals surface area contributed by atoms with E-state index in [4.69, 9.17) is 10.5 Å². The summed E-state index contributed by atoms with van der Waals surface area (Å²) < 4.78 is 2.14. The van der Waals surface area contributed by atoms with Gasteiger partial charge in [0.15, 0.2) is 0 Å². The van der Waals surface area contributed by atoms with Gasteiger partial charge in [-0.15, -0.1) is 5.26 Å². The minimum Gasteiger partial charge on any atom is -0.264 e.